The molecule has 18 heavy (non-hydrogen) atoms. The number of aliphatic carboxylic acids is 1. The molecule has 0 aromatic rings. The fraction of sp³-hybridized carbons (Fsp3) is 0.818. The van der Waals surface area contributed by atoms with Crippen molar-refractivity contribution in [1.29, 1.82) is 0 Å². The minimum atomic E-state index is -3.13. The third-order valence-electron chi connectivity index (χ3n) is 3.09. The van der Waals surface area contributed by atoms with Crippen molar-refractivity contribution in [2.75, 3.05) is 12.0 Å². The highest BCUT2D eigenvalue weighted by molar-refractivity contribution is 7.90. The molecule has 1 aliphatic rings. The number of hydrogen-bond donors (Lipinski definition) is 2. The van der Waals surface area contributed by atoms with Crippen LogP contribution in [0.1, 0.15) is 26.2 Å². The molecule has 0 aromatic heterocycles. The Hall–Kier alpha value is -1.11. The summed E-state index contributed by atoms with van der Waals surface area (Å²) in [4.78, 5) is 22.6. The van der Waals surface area contributed by atoms with E-state index in [2.05, 4.69) is 5.32 Å². The lowest BCUT2D eigenvalue weighted by molar-refractivity contribution is -0.141. The number of carbonyl (C=O) groups is 2. The number of nitrogens with one attached hydrogen (secondary N) is 1. The molecular weight excluding hydrogens is 258 g/mol. The van der Waals surface area contributed by atoms with E-state index in [0.29, 0.717) is 19.3 Å². The quantitative estimate of drug-likeness (QED) is 0.738. The van der Waals surface area contributed by atoms with Crippen molar-refractivity contribution < 1.29 is 23.1 Å². The predicted octanol–water partition coefficient (Wildman–Crippen LogP) is 0.0366. The zero-order chi connectivity index (χ0) is 13.9. The SMILES string of the molecule is CC(CS(C)(=O)=O)NC(=O)C1CCC(C(=O)O)C1. The molecule has 0 aliphatic heterocycles. The van der Waals surface area contributed by atoms with Crippen LogP contribution in [0.2, 0.25) is 0 Å². The predicted molar refractivity (Wildman–Crippen MR) is 65.8 cm³/mol. The maximum atomic E-state index is 11.8. The van der Waals surface area contributed by atoms with Gasteiger partial charge in [0.15, 0.2) is 0 Å². The highest BCUT2D eigenvalue weighted by atomic mass is 32.2. The molecule has 7 heteroatoms. The summed E-state index contributed by atoms with van der Waals surface area (Å²) in [6.45, 7) is 1.63. The van der Waals surface area contributed by atoms with Crippen LogP contribution in [0.15, 0.2) is 0 Å². The summed E-state index contributed by atoms with van der Waals surface area (Å²) >= 11 is 0. The lowest BCUT2D eigenvalue weighted by Gasteiger charge is -2.16. The lowest BCUT2D eigenvalue weighted by atomic mass is 10.0. The van der Waals surface area contributed by atoms with Gasteiger partial charge in [-0.1, -0.05) is 0 Å². The second-order valence-corrected chi connectivity index (χ2v) is 7.23. The van der Waals surface area contributed by atoms with Crippen LogP contribution in [0.3, 0.4) is 0 Å². The molecule has 0 bridgehead atoms. The molecule has 0 radical (unpaired) electrons. The molecule has 0 spiro atoms. The van der Waals surface area contributed by atoms with Crippen LogP contribution in [0.4, 0.5) is 0 Å². The molecule has 6 nitrogen and oxygen atoms in total. The number of amides is 1. The molecule has 1 amide bonds. The molecule has 104 valence electrons. The lowest BCUT2D eigenvalue weighted by Crippen LogP contribution is -2.40. The molecule has 0 saturated heterocycles. The Kier molecular flexibility index (Phi) is 4.72. The van der Waals surface area contributed by atoms with E-state index in [-0.39, 0.29) is 17.6 Å². The number of hydrogen-bond acceptors (Lipinski definition) is 4. The van der Waals surface area contributed by atoms with Crippen LogP contribution in [-0.4, -0.2) is 43.5 Å². The zero-order valence-corrected chi connectivity index (χ0v) is 11.4. The molecular formula is C11H19NO5S. The van der Waals surface area contributed by atoms with Gasteiger partial charge in [-0.15, -0.1) is 0 Å². The maximum absolute atomic E-state index is 11.8. The first-order valence-corrected chi connectivity index (χ1v) is 7.96. The summed E-state index contributed by atoms with van der Waals surface area (Å²) in [6.07, 6.45) is 2.51. The normalized spacial score (nSPS) is 25.7. The number of rotatable bonds is 5. The molecule has 0 aromatic carbocycles. The summed E-state index contributed by atoms with van der Waals surface area (Å²) < 4.78 is 22.1. The Balaban J connectivity index is 2.45. The third-order valence-corrected chi connectivity index (χ3v) is 4.20. The van der Waals surface area contributed by atoms with Crippen molar-refractivity contribution in [2.24, 2.45) is 11.8 Å². The van der Waals surface area contributed by atoms with Gasteiger partial charge in [0, 0.05) is 18.2 Å². The van der Waals surface area contributed by atoms with Gasteiger partial charge in [-0.05, 0) is 26.2 Å². The summed E-state index contributed by atoms with van der Waals surface area (Å²) in [6, 6.07) is -0.448. The second kappa shape index (κ2) is 5.69. The van der Waals surface area contributed by atoms with Crippen LogP contribution < -0.4 is 5.32 Å². The fourth-order valence-corrected chi connectivity index (χ4v) is 3.29. The summed E-state index contributed by atoms with van der Waals surface area (Å²) in [7, 11) is -3.13. The largest absolute Gasteiger partial charge is 0.481 e. The van der Waals surface area contributed by atoms with E-state index in [4.69, 9.17) is 5.11 Å². The van der Waals surface area contributed by atoms with Crippen LogP contribution in [-0.2, 0) is 19.4 Å². The van der Waals surface area contributed by atoms with E-state index in [0.717, 1.165) is 6.26 Å². The first-order chi connectivity index (χ1) is 8.19. The molecule has 1 rings (SSSR count). The van der Waals surface area contributed by atoms with Gasteiger partial charge < -0.3 is 10.4 Å². The van der Waals surface area contributed by atoms with E-state index in [1.165, 1.54) is 0 Å². The molecule has 1 fully saturated rings. The first-order valence-electron chi connectivity index (χ1n) is 5.90. The van der Waals surface area contributed by atoms with Crippen LogP contribution in [0.25, 0.3) is 0 Å². The average Bonchev–Trinajstić information content (AvgIpc) is 2.62. The van der Waals surface area contributed by atoms with Crippen LogP contribution in [0, 0.1) is 11.8 Å². The van der Waals surface area contributed by atoms with Crippen LogP contribution in [0.5, 0.6) is 0 Å². The van der Waals surface area contributed by atoms with E-state index in [9.17, 15) is 18.0 Å². The Bertz CT molecular complexity index is 431. The highest BCUT2D eigenvalue weighted by Gasteiger charge is 2.34. The van der Waals surface area contributed by atoms with Gasteiger partial charge >= 0.3 is 5.97 Å². The van der Waals surface area contributed by atoms with Crippen molar-refractivity contribution >= 4 is 21.7 Å². The van der Waals surface area contributed by atoms with Crippen molar-refractivity contribution in [2.45, 2.75) is 32.2 Å². The van der Waals surface area contributed by atoms with Gasteiger partial charge in [0.05, 0.1) is 11.7 Å². The molecule has 2 N–H and O–H groups in total. The second-order valence-electron chi connectivity index (χ2n) is 5.05. The topological polar surface area (TPSA) is 101 Å². The first kappa shape index (κ1) is 14.9. The zero-order valence-electron chi connectivity index (χ0n) is 10.5. The van der Waals surface area contributed by atoms with Crippen molar-refractivity contribution in [3.05, 3.63) is 0 Å². The molecule has 1 saturated carbocycles. The summed E-state index contributed by atoms with van der Waals surface area (Å²) in [5.74, 6) is -1.98. The standard InChI is InChI=1S/C11H19NO5S/c1-7(6-18(2,16)17)12-10(13)8-3-4-9(5-8)11(14)15/h7-9H,3-6H2,1-2H3,(H,12,13)(H,14,15). The smallest absolute Gasteiger partial charge is 0.306 e. The van der Waals surface area contributed by atoms with Crippen LogP contribution >= 0.6 is 0 Å². The highest BCUT2D eigenvalue weighted by Crippen LogP contribution is 2.31. The monoisotopic (exact) mass is 277 g/mol. The number of sulfone groups is 1. The summed E-state index contributed by atoms with van der Waals surface area (Å²) in [5.41, 5.74) is 0. The number of carbonyl (C=O) groups excluding carboxylic acids is 1. The third kappa shape index (κ3) is 4.64. The Labute approximate surface area is 107 Å². The van der Waals surface area contributed by atoms with E-state index in [1.807, 2.05) is 0 Å². The van der Waals surface area contributed by atoms with Gasteiger partial charge in [-0.2, -0.15) is 0 Å². The number of carboxylic acid groups (broad SMARTS) is 1. The van der Waals surface area contributed by atoms with Gasteiger partial charge in [-0.25, -0.2) is 8.42 Å². The average molecular weight is 277 g/mol. The minimum absolute atomic E-state index is 0.103. The van der Waals surface area contributed by atoms with Gasteiger partial charge in [0.2, 0.25) is 5.91 Å². The van der Waals surface area contributed by atoms with Crippen molar-refractivity contribution in [1.82, 2.24) is 5.32 Å². The number of carboxylic acids is 1. The molecule has 0 heterocycles. The van der Waals surface area contributed by atoms with E-state index >= 15 is 0 Å². The minimum Gasteiger partial charge on any atom is -0.481 e. The molecule has 3 atom stereocenters. The molecule has 1 aliphatic carbocycles. The van der Waals surface area contributed by atoms with Gasteiger partial charge in [0.25, 0.3) is 0 Å². The van der Waals surface area contributed by atoms with Crippen molar-refractivity contribution in [3.63, 3.8) is 0 Å². The van der Waals surface area contributed by atoms with E-state index < -0.39 is 27.8 Å². The summed E-state index contributed by atoms with van der Waals surface area (Å²) in [5, 5.41) is 11.5. The van der Waals surface area contributed by atoms with Gasteiger partial charge in [-0.3, -0.25) is 9.59 Å². The Morgan fingerprint density at radius 2 is 1.89 bits per heavy atom. The Morgan fingerprint density at radius 1 is 1.33 bits per heavy atom. The van der Waals surface area contributed by atoms with Crippen molar-refractivity contribution in [3.8, 4) is 0 Å². The maximum Gasteiger partial charge on any atom is 0.306 e. The fourth-order valence-electron chi connectivity index (χ4n) is 2.30. The molecule has 3 unspecified atom stereocenters. The van der Waals surface area contributed by atoms with Gasteiger partial charge in [0.1, 0.15) is 9.84 Å². The Morgan fingerprint density at radius 3 is 2.33 bits per heavy atom. The van der Waals surface area contributed by atoms with E-state index in [1.54, 1.807) is 6.92 Å².